The molecule has 0 aromatic heterocycles. The highest BCUT2D eigenvalue weighted by Crippen LogP contribution is 2.63. The highest BCUT2D eigenvalue weighted by molar-refractivity contribution is 5.38. The first-order chi connectivity index (χ1) is 9.48. The monoisotopic (exact) mass is 275 g/mol. The minimum Gasteiger partial charge on any atom is -0.258 e. The first-order valence-electron chi connectivity index (χ1n) is 7.42. The molecule has 0 saturated heterocycles. The molecule has 2 unspecified atom stereocenters. The number of non-ortho nitro benzene ring substituents is 1. The van der Waals surface area contributed by atoms with Crippen LogP contribution in [-0.2, 0) is 5.41 Å². The van der Waals surface area contributed by atoms with Gasteiger partial charge in [-0.2, -0.15) is 0 Å². The lowest BCUT2D eigenvalue weighted by molar-refractivity contribution is -0.384. The van der Waals surface area contributed by atoms with Crippen molar-refractivity contribution in [3.05, 3.63) is 39.9 Å². The van der Waals surface area contributed by atoms with Crippen molar-refractivity contribution in [3.63, 3.8) is 0 Å². The van der Waals surface area contributed by atoms with Crippen molar-refractivity contribution in [1.29, 1.82) is 0 Å². The molecular formula is C16H18FNO2. The van der Waals surface area contributed by atoms with Gasteiger partial charge in [-0.1, -0.05) is 12.1 Å². The van der Waals surface area contributed by atoms with E-state index < -0.39 is 5.67 Å². The summed E-state index contributed by atoms with van der Waals surface area (Å²) < 4.78 is 14.9. The Kier molecular flexibility index (Phi) is 2.34. The van der Waals surface area contributed by atoms with Crippen LogP contribution in [0.4, 0.5) is 10.1 Å². The topological polar surface area (TPSA) is 43.1 Å². The van der Waals surface area contributed by atoms with Gasteiger partial charge >= 0.3 is 0 Å². The second-order valence-corrected chi connectivity index (χ2v) is 7.20. The third-order valence-electron chi connectivity index (χ3n) is 5.68. The molecule has 1 aromatic rings. The van der Waals surface area contributed by atoms with Crippen molar-refractivity contribution in [1.82, 2.24) is 0 Å². The van der Waals surface area contributed by atoms with Gasteiger partial charge in [-0.25, -0.2) is 4.39 Å². The van der Waals surface area contributed by atoms with Gasteiger partial charge in [0.15, 0.2) is 0 Å². The zero-order valence-electron chi connectivity index (χ0n) is 11.3. The van der Waals surface area contributed by atoms with Crippen molar-refractivity contribution in [3.8, 4) is 0 Å². The van der Waals surface area contributed by atoms with Crippen molar-refractivity contribution in [2.45, 2.75) is 49.6 Å². The Bertz CT molecular complexity index is 554. The molecule has 0 radical (unpaired) electrons. The van der Waals surface area contributed by atoms with E-state index in [-0.39, 0.29) is 16.0 Å². The lowest BCUT2D eigenvalue weighted by Gasteiger charge is -2.59. The van der Waals surface area contributed by atoms with Gasteiger partial charge < -0.3 is 0 Å². The van der Waals surface area contributed by atoms with Crippen LogP contribution in [0.3, 0.4) is 0 Å². The van der Waals surface area contributed by atoms with E-state index in [1.807, 2.05) is 12.1 Å². The molecule has 3 nitrogen and oxygen atoms in total. The molecule has 1 aromatic carbocycles. The second-order valence-electron chi connectivity index (χ2n) is 7.20. The number of nitro benzene ring substituents is 1. The summed E-state index contributed by atoms with van der Waals surface area (Å²) in [7, 11) is 0. The van der Waals surface area contributed by atoms with E-state index in [2.05, 4.69) is 0 Å². The smallest absolute Gasteiger partial charge is 0.258 e. The molecule has 0 aliphatic heterocycles. The molecule has 4 atom stereocenters. The summed E-state index contributed by atoms with van der Waals surface area (Å²) in [4.78, 5) is 10.4. The van der Waals surface area contributed by atoms with Gasteiger partial charge in [0.2, 0.25) is 0 Å². The number of nitrogens with zero attached hydrogens (tertiary/aromatic N) is 1. The zero-order valence-corrected chi connectivity index (χ0v) is 11.3. The summed E-state index contributed by atoms with van der Waals surface area (Å²) >= 11 is 0. The van der Waals surface area contributed by atoms with Crippen LogP contribution in [0.25, 0.3) is 0 Å². The van der Waals surface area contributed by atoms with Crippen molar-refractivity contribution >= 4 is 5.69 Å². The number of benzene rings is 1. The van der Waals surface area contributed by atoms with Crippen molar-refractivity contribution in [2.75, 3.05) is 0 Å². The average Bonchev–Trinajstić information content (AvgIpc) is 2.36. The number of rotatable bonds is 2. The first kappa shape index (κ1) is 12.3. The van der Waals surface area contributed by atoms with Gasteiger partial charge in [-0.15, -0.1) is 0 Å². The fourth-order valence-electron chi connectivity index (χ4n) is 5.43. The number of hydrogen-bond donors (Lipinski definition) is 0. The van der Waals surface area contributed by atoms with Crippen LogP contribution in [0.1, 0.15) is 44.1 Å². The van der Waals surface area contributed by atoms with Gasteiger partial charge in [0.05, 0.1) is 4.92 Å². The Morgan fingerprint density at radius 1 is 1.10 bits per heavy atom. The molecule has 5 rings (SSSR count). The van der Waals surface area contributed by atoms with E-state index in [1.165, 1.54) is 6.42 Å². The Labute approximate surface area is 117 Å². The summed E-state index contributed by atoms with van der Waals surface area (Å²) in [6.45, 7) is 0. The van der Waals surface area contributed by atoms with Crippen LogP contribution < -0.4 is 0 Å². The van der Waals surface area contributed by atoms with Gasteiger partial charge in [-0.05, 0) is 61.3 Å². The van der Waals surface area contributed by atoms with E-state index in [0.717, 1.165) is 31.2 Å². The molecule has 4 heteroatoms. The van der Waals surface area contributed by atoms with Crippen LogP contribution in [-0.4, -0.2) is 10.6 Å². The van der Waals surface area contributed by atoms with E-state index in [1.54, 1.807) is 12.1 Å². The molecule has 4 bridgehead atoms. The largest absolute Gasteiger partial charge is 0.269 e. The molecule has 4 aliphatic rings. The molecule has 0 amide bonds. The Morgan fingerprint density at radius 2 is 1.70 bits per heavy atom. The maximum atomic E-state index is 14.9. The third kappa shape index (κ3) is 1.70. The normalized spacial score (nSPS) is 41.9. The van der Waals surface area contributed by atoms with Crippen molar-refractivity contribution in [2.24, 2.45) is 11.8 Å². The summed E-state index contributed by atoms with van der Waals surface area (Å²) in [6.07, 6.45) is 5.39. The number of halogens is 1. The molecule has 0 N–H and O–H groups in total. The highest BCUT2D eigenvalue weighted by Gasteiger charge is 2.58. The predicted octanol–water partition coefficient (Wildman–Crippen LogP) is 4.15. The quantitative estimate of drug-likeness (QED) is 0.601. The summed E-state index contributed by atoms with van der Waals surface area (Å²) in [5.41, 5.74) is 0.187. The third-order valence-corrected chi connectivity index (χ3v) is 5.68. The summed E-state index contributed by atoms with van der Waals surface area (Å²) in [5.74, 6) is 1.02. The SMILES string of the molecule is O=[N+]([O-])c1ccc(C23C[C@@H]4C[C@@H](CC(F)(C4)C2)C3)cc1. The van der Waals surface area contributed by atoms with Gasteiger partial charge in [0.1, 0.15) is 5.67 Å². The van der Waals surface area contributed by atoms with E-state index >= 15 is 0 Å². The van der Waals surface area contributed by atoms with E-state index in [4.69, 9.17) is 0 Å². The maximum absolute atomic E-state index is 14.9. The molecule has 106 valence electrons. The molecule has 0 spiro atoms. The zero-order chi connectivity index (χ0) is 14.0. The molecule has 4 fully saturated rings. The lowest BCUT2D eigenvalue weighted by atomic mass is 9.47. The minimum atomic E-state index is -0.980. The summed E-state index contributed by atoms with van der Waals surface area (Å²) in [5, 5.41) is 10.8. The average molecular weight is 275 g/mol. The lowest BCUT2D eigenvalue weighted by Crippen LogP contribution is -2.55. The van der Waals surface area contributed by atoms with E-state index in [9.17, 15) is 14.5 Å². The van der Waals surface area contributed by atoms with Gasteiger partial charge in [-0.3, -0.25) is 10.1 Å². The van der Waals surface area contributed by atoms with Crippen LogP contribution in [0.15, 0.2) is 24.3 Å². The maximum Gasteiger partial charge on any atom is 0.269 e. The Balaban J connectivity index is 1.72. The van der Waals surface area contributed by atoms with Crippen LogP contribution >= 0.6 is 0 Å². The fourth-order valence-corrected chi connectivity index (χ4v) is 5.43. The molecule has 20 heavy (non-hydrogen) atoms. The predicted molar refractivity (Wildman–Crippen MR) is 73.3 cm³/mol. The van der Waals surface area contributed by atoms with Crippen LogP contribution in [0.5, 0.6) is 0 Å². The van der Waals surface area contributed by atoms with E-state index in [0.29, 0.717) is 18.3 Å². The number of nitro groups is 1. The number of alkyl halides is 1. The summed E-state index contributed by atoms with van der Waals surface area (Å²) in [6, 6.07) is 6.85. The molecule has 4 aliphatic carbocycles. The number of hydrogen-bond acceptors (Lipinski definition) is 2. The van der Waals surface area contributed by atoms with Gasteiger partial charge in [0.25, 0.3) is 5.69 Å². The Morgan fingerprint density at radius 3 is 2.20 bits per heavy atom. The first-order valence-corrected chi connectivity index (χ1v) is 7.42. The molecule has 0 heterocycles. The van der Waals surface area contributed by atoms with Crippen molar-refractivity contribution < 1.29 is 9.31 Å². The Hall–Kier alpha value is -1.45. The molecular weight excluding hydrogens is 257 g/mol. The molecule has 4 saturated carbocycles. The van der Waals surface area contributed by atoms with Gasteiger partial charge in [0, 0.05) is 12.1 Å². The second kappa shape index (κ2) is 3.80. The van der Waals surface area contributed by atoms with Crippen LogP contribution in [0, 0.1) is 22.0 Å². The highest BCUT2D eigenvalue weighted by atomic mass is 19.1. The fraction of sp³-hybridized carbons (Fsp3) is 0.625. The standard InChI is InChI=1S/C16H18FNO2/c17-16-8-11-5-12(9-16)7-15(6-11,10-16)13-1-3-14(4-2-13)18(19)20/h1-4,11-12H,5-10H2/t11-,12+,15?,16?. The minimum absolute atomic E-state index is 0.0615. The van der Waals surface area contributed by atoms with Crippen LogP contribution in [0.2, 0.25) is 0 Å².